The van der Waals surface area contributed by atoms with Crippen LogP contribution in [0.2, 0.25) is 0 Å². The normalized spacial score (nSPS) is 21.4. The molecule has 2 aromatic rings. The Labute approximate surface area is 117 Å². The van der Waals surface area contributed by atoms with Gasteiger partial charge in [-0.25, -0.2) is 8.42 Å². The summed E-state index contributed by atoms with van der Waals surface area (Å²) >= 11 is 0. The van der Waals surface area contributed by atoms with E-state index in [0.717, 1.165) is 10.0 Å². The molecule has 0 saturated carbocycles. The number of para-hydroxylation sites is 1. The lowest BCUT2D eigenvalue weighted by molar-refractivity contribution is 0.282. The molecule has 0 N–H and O–H groups in total. The highest BCUT2D eigenvalue weighted by atomic mass is 32.2. The third kappa shape index (κ3) is 2.18. The van der Waals surface area contributed by atoms with E-state index in [4.69, 9.17) is 9.57 Å². The van der Waals surface area contributed by atoms with Crippen molar-refractivity contribution < 1.29 is 18.0 Å². The second kappa shape index (κ2) is 4.90. The maximum Gasteiger partial charge on any atom is 0.271 e. The van der Waals surface area contributed by atoms with Crippen LogP contribution >= 0.6 is 0 Å². The average molecular weight is 291 g/mol. The van der Waals surface area contributed by atoms with E-state index in [1.54, 1.807) is 18.2 Å². The molecule has 1 saturated heterocycles. The number of rotatable bonds is 4. The molecular weight excluding hydrogens is 278 g/mol. The van der Waals surface area contributed by atoms with Crippen LogP contribution in [-0.2, 0) is 14.9 Å². The van der Waals surface area contributed by atoms with E-state index in [1.807, 2.05) is 30.3 Å². The minimum absolute atomic E-state index is 0.0981. The van der Waals surface area contributed by atoms with Gasteiger partial charge in [-0.2, -0.15) is 0 Å². The third-order valence-electron chi connectivity index (χ3n) is 3.02. The van der Waals surface area contributed by atoms with Gasteiger partial charge in [-0.15, -0.1) is 0 Å². The van der Waals surface area contributed by atoms with Crippen LogP contribution in [0.15, 0.2) is 59.5 Å². The van der Waals surface area contributed by atoms with E-state index in [2.05, 4.69) is 0 Å². The summed E-state index contributed by atoms with van der Waals surface area (Å²) in [6.45, 7) is 0. The number of methoxy groups -OCH3 is 1. The van der Waals surface area contributed by atoms with Gasteiger partial charge in [-0.1, -0.05) is 42.5 Å². The molecule has 2 atom stereocenters. The van der Waals surface area contributed by atoms with Gasteiger partial charge in [-0.3, -0.25) is 4.84 Å². The van der Waals surface area contributed by atoms with Crippen LogP contribution in [-0.4, -0.2) is 20.0 Å². The summed E-state index contributed by atoms with van der Waals surface area (Å²) in [6.07, 6.45) is -0.564. The fourth-order valence-corrected chi connectivity index (χ4v) is 3.40. The standard InChI is InChI=1S/C14H13NO4S/c1-18-12-9-5-6-10-13(12)20(16,17)15-14(19-15)11-7-3-2-4-8-11/h2-10,14H,1H3. The van der Waals surface area contributed by atoms with Gasteiger partial charge in [0.05, 0.1) is 7.11 Å². The van der Waals surface area contributed by atoms with Crippen LogP contribution in [0.3, 0.4) is 0 Å². The number of hydrogen-bond donors (Lipinski definition) is 0. The fraction of sp³-hybridized carbons (Fsp3) is 0.143. The first kappa shape index (κ1) is 13.1. The van der Waals surface area contributed by atoms with E-state index >= 15 is 0 Å². The molecule has 5 nitrogen and oxygen atoms in total. The van der Waals surface area contributed by atoms with Crippen LogP contribution in [0.4, 0.5) is 0 Å². The lowest BCUT2D eigenvalue weighted by Gasteiger charge is -2.07. The SMILES string of the molecule is COc1ccccc1S(=O)(=O)N1OC1c1ccccc1. The van der Waals surface area contributed by atoms with Crippen molar-refractivity contribution in [2.45, 2.75) is 11.1 Å². The Morgan fingerprint density at radius 1 is 1.05 bits per heavy atom. The Morgan fingerprint density at radius 2 is 1.70 bits per heavy atom. The van der Waals surface area contributed by atoms with Crippen molar-refractivity contribution in [1.29, 1.82) is 0 Å². The highest BCUT2D eigenvalue weighted by Gasteiger charge is 2.49. The summed E-state index contributed by atoms with van der Waals surface area (Å²) in [4.78, 5) is 5.31. The third-order valence-corrected chi connectivity index (χ3v) is 4.66. The van der Waals surface area contributed by atoms with Crippen molar-refractivity contribution in [3.8, 4) is 5.75 Å². The van der Waals surface area contributed by atoms with E-state index in [-0.39, 0.29) is 4.90 Å². The van der Waals surface area contributed by atoms with Crippen molar-refractivity contribution in [3.05, 3.63) is 60.2 Å². The Kier molecular flexibility index (Phi) is 3.21. The first-order valence-corrected chi connectivity index (χ1v) is 7.48. The number of sulfonamides is 1. The van der Waals surface area contributed by atoms with Crippen molar-refractivity contribution in [2.75, 3.05) is 7.11 Å². The van der Waals surface area contributed by atoms with Gasteiger partial charge in [-0.05, 0) is 16.6 Å². The summed E-state index contributed by atoms with van der Waals surface area (Å²) in [5, 5.41) is 0. The van der Waals surface area contributed by atoms with Crippen LogP contribution < -0.4 is 4.74 Å². The summed E-state index contributed by atoms with van der Waals surface area (Å²) in [6, 6.07) is 15.7. The van der Waals surface area contributed by atoms with E-state index in [1.165, 1.54) is 13.2 Å². The summed E-state index contributed by atoms with van der Waals surface area (Å²) in [5.41, 5.74) is 0.797. The Morgan fingerprint density at radius 3 is 2.40 bits per heavy atom. The second-order valence-corrected chi connectivity index (χ2v) is 6.03. The van der Waals surface area contributed by atoms with Crippen LogP contribution in [0.1, 0.15) is 11.8 Å². The highest BCUT2D eigenvalue weighted by Crippen LogP contribution is 2.43. The maximum atomic E-state index is 12.5. The molecular formula is C14H13NO4S. The van der Waals surface area contributed by atoms with Gasteiger partial charge < -0.3 is 4.74 Å². The molecule has 1 aliphatic heterocycles. The molecule has 3 rings (SSSR count). The minimum Gasteiger partial charge on any atom is -0.495 e. The monoisotopic (exact) mass is 291 g/mol. The number of nitrogens with zero attached hydrogens (tertiary/aromatic N) is 1. The molecule has 1 fully saturated rings. The number of benzene rings is 2. The molecule has 0 spiro atoms. The quantitative estimate of drug-likeness (QED) is 0.811. The molecule has 0 radical (unpaired) electrons. The van der Waals surface area contributed by atoms with Crippen molar-refractivity contribution in [3.63, 3.8) is 0 Å². The summed E-state index contributed by atoms with van der Waals surface area (Å²) < 4.78 is 31.0. The van der Waals surface area contributed by atoms with Gasteiger partial charge in [0.2, 0.25) is 0 Å². The molecule has 6 heteroatoms. The summed E-state index contributed by atoms with van der Waals surface area (Å²) in [7, 11) is -2.28. The topological polar surface area (TPSA) is 58.9 Å². The number of hydrogen-bond acceptors (Lipinski definition) is 4. The Bertz CT molecular complexity index is 715. The second-order valence-electron chi connectivity index (χ2n) is 4.28. The zero-order valence-electron chi connectivity index (χ0n) is 10.8. The Balaban J connectivity index is 1.92. The first-order valence-electron chi connectivity index (χ1n) is 6.04. The molecule has 1 aliphatic rings. The fourth-order valence-electron chi connectivity index (χ4n) is 1.98. The molecule has 104 valence electrons. The molecule has 2 aromatic carbocycles. The molecule has 0 aromatic heterocycles. The molecule has 0 aliphatic carbocycles. The highest BCUT2D eigenvalue weighted by molar-refractivity contribution is 7.89. The molecule has 2 unspecified atom stereocenters. The lowest BCUT2D eigenvalue weighted by atomic mass is 10.2. The van der Waals surface area contributed by atoms with E-state index in [0.29, 0.717) is 5.75 Å². The summed E-state index contributed by atoms with van der Waals surface area (Å²) in [5.74, 6) is 0.301. The van der Waals surface area contributed by atoms with Crippen LogP contribution in [0.5, 0.6) is 5.75 Å². The lowest BCUT2D eigenvalue weighted by Crippen LogP contribution is -2.13. The Hall–Kier alpha value is -1.89. The van der Waals surface area contributed by atoms with Crippen molar-refractivity contribution >= 4 is 10.0 Å². The molecule has 0 amide bonds. The zero-order chi connectivity index (χ0) is 14.2. The maximum absolute atomic E-state index is 12.5. The van der Waals surface area contributed by atoms with Crippen LogP contribution in [0.25, 0.3) is 0 Å². The van der Waals surface area contributed by atoms with Crippen LogP contribution in [0, 0.1) is 0 Å². The van der Waals surface area contributed by atoms with Gasteiger partial charge in [0.15, 0.2) is 6.23 Å². The van der Waals surface area contributed by atoms with Gasteiger partial charge in [0, 0.05) is 5.56 Å². The van der Waals surface area contributed by atoms with Gasteiger partial charge >= 0.3 is 0 Å². The molecule has 1 heterocycles. The zero-order valence-corrected chi connectivity index (χ0v) is 11.6. The van der Waals surface area contributed by atoms with Crippen molar-refractivity contribution in [1.82, 2.24) is 4.47 Å². The predicted molar refractivity (Wildman–Crippen MR) is 72.3 cm³/mol. The smallest absolute Gasteiger partial charge is 0.271 e. The van der Waals surface area contributed by atoms with E-state index in [9.17, 15) is 8.42 Å². The average Bonchev–Trinajstić information content (AvgIpc) is 3.29. The molecule has 20 heavy (non-hydrogen) atoms. The number of ether oxygens (including phenoxy) is 1. The number of hydroxylamine groups is 1. The minimum atomic E-state index is -3.72. The molecule has 0 bridgehead atoms. The van der Waals surface area contributed by atoms with E-state index < -0.39 is 16.3 Å². The van der Waals surface area contributed by atoms with Crippen molar-refractivity contribution in [2.24, 2.45) is 0 Å². The largest absolute Gasteiger partial charge is 0.495 e. The predicted octanol–water partition coefficient (Wildman–Crippen LogP) is 2.33. The first-order chi connectivity index (χ1) is 9.64. The van der Waals surface area contributed by atoms with Gasteiger partial charge in [0.25, 0.3) is 10.0 Å². The van der Waals surface area contributed by atoms with Gasteiger partial charge in [0.1, 0.15) is 10.6 Å².